The van der Waals surface area contributed by atoms with Gasteiger partial charge in [0.2, 0.25) is 11.8 Å². The van der Waals surface area contributed by atoms with Gasteiger partial charge >= 0.3 is 0 Å². The van der Waals surface area contributed by atoms with Crippen molar-refractivity contribution in [3.8, 4) is 5.75 Å². The molecule has 2 heterocycles. The minimum Gasteiger partial charge on any atom is -0.490 e. The van der Waals surface area contributed by atoms with E-state index in [1.807, 2.05) is 4.90 Å². The third kappa shape index (κ3) is 6.49. The summed E-state index contributed by atoms with van der Waals surface area (Å²) in [6, 6.07) is 9.89. The summed E-state index contributed by atoms with van der Waals surface area (Å²) in [6.45, 7) is 2.02. The molecule has 0 N–H and O–H groups in total. The molecular weight excluding hydrogens is 478 g/mol. The van der Waals surface area contributed by atoms with Crippen molar-refractivity contribution in [2.75, 3.05) is 39.4 Å². The average Bonchev–Trinajstić information content (AvgIpc) is 2.86. The van der Waals surface area contributed by atoms with Crippen LogP contribution in [0.1, 0.15) is 31.2 Å². The maximum absolute atomic E-state index is 14.3. The number of morpholine rings is 1. The second-order valence-corrected chi connectivity index (χ2v) is 9.49. The Labute approximate surface area is 208 Å². The number of amides is 2. The maximum atomic E-state index is 14.3. The monoisotopic (exact) mass is 506 g/mol. The van der Waals surface area contributed by atoms with Gasteiger partial charge in [0.25, 0.3) is 0 Å². The Morgan fingerprint density at radius 1 is 0.971 bits per heavy atom. The van der Waals surface area contributed by atoms with Crippen molar-refractivity contribution in [3.05, 3.63) is 64.7 Å². The SMILES string of the molecule is O=C(CC1(COc2ccc(F)cc2)CN(C(=O)Cc2c(F)cccc2Cl)CCO1)N1CCCCC1. The Morgan fingerprint density at radius 2 is 1.71 bits per heavy atom. The number of carbonyl (C=O) groups excluding carboxylic acids is 2. The van der Waals surface area contributed by atoms with Crippen LogP contribution in [-0.2, 0) is 20.7 Å². The molecule has 2 aliphatic rings. The first-order valence-electron chi connectivity index (χ1n) is 11.9. The van der Waals surface area contributed by atoms with E-state index in [1.54, 1.807) is 11.0 Å². The summed E-state index contributed by atoms with van der Waals surface area (Å²) in [4.78, 5) is 29.7. The first kappa shape index (κ1) is 25.4. The molecule has 2 saturated heterocycles. The van der Waals surface area contributed by atoms with E-state index in [-0.39, 0.29) is 60.8 Å². The van der Waals surface area contributed by atoms with E-state index in [1.165, 1.54) is 36.4 Å². The van der Waals surface area contributed by atoms with Crippen LogP contribution in [0.5, 0.6) is 5.75 Å². The summed E-state index contributed by atoms with van der Waals surface area (Å²) in [7, 11) is 0. The van der Waals surface area contributed by atoms with Crippen LogP contribution in [0.3, 0.4) is 0 Å². The smallest absolute Gasteiger partial charge is 0.227 e. The second-order valence-electron chi connectivity index (χ2n) is 9.08. The van der Waals surface area contributed by atoms with Crippen LogP contribution in [0.2, 0.25) is 5.02 Å². The molecule has 6 nitrogen and oxygen atoms in total. The quantitative estimate of drug-likeness (QED) is 0.563. The number of hydrogen-bond acceptors (Lipinski definition) is 4. The molecule has 0 saturated carbocycles. The van der Waals surface area contributed by atoms with E-state index in [0.29, 0.717) is 25.4 Å². The van der Waals surface area contributed by atoms with E-state index in [2.05, 4.69) is 0 Å². The van der Waals surface area contributed by atoms with E-state index >= 15 is 0 Å². The Bertz CT molecular complexity index is 1030. The van der Waals surface area contributed by atoms with Gasteiger partial charge in [-0.1, -0.05) is 17.7 Å². The molecule has 1 atom stereocenters. The van der Waals surface area contributed by atoms with Gasteiger partial charge in [-0.2, -0.15) is 0 Å². The number of ether oxygens (including phenoxy) is 2. The fourth-order valence-electron chi connectivity index (χ4n) is 4.54. The van der Waals surface area contributed by atoms with Crippen molar-refractivity contribution in [3.63, 3.8) is 0 Å². The highest BCUT2D eigenvalue weighted by molar-refractivity contribution is 6.31. The van der Waals surface area contributed by atoms with Gasteiger partial charge in [-0.3, -0.25) is 9.59 Å². The zero-order valence-electron chi connectivity index (χ0n) is 19.5. The fraction of sp³-hybridized carbons (Fsp3) is 0.462. The van der Waals surface area contributed by atoms with Crippen LogP contribution < -0.4 is 4.74 Å². The van der Waals surface area contributed by atoms with Crippen molar-refractivity contribution in [1.29, 1.82) is 0 Å². The average molecular weight is 507 g/mol. The highest BCUT2D eigenvalue weighted by Crippen LogP contribution is 2.28. The summed E-state index contributed by atoms with van der Waals surface area (Å²) in [5, 5.41) is 0.192. The topological polar surface area (TPSA) is 59.1 Å². The Kier molecular flexibility index (Phi) is 8.23. The molecule has 0 spiro atoms. The first-order valence-corrected chi connectivity index (χ1v) is 12.2. The van der Waals surface area contributed by atoms with Gasteiger partial charge in [0.05, 0.1) is 26.0 Å². The minimum absolute atomic E-state index is 0.00243. The van der Waals surface area contributed by atoms with Crippen LogP contribution in [-0.4, -0.2) is 66.6 Å². The lowest BCUT2D eigenvalue weighted by Crippen LogP contribution is -2.58. The van der Waals surface area contributed by atoms with Crippen molar-refractivity contribution in [2.45, 2.75) is 37.7 Å². The van der Waals surface area contributed by atoms with Crippen molar-refractivity contribution >= 4 is 23.4 Å². The van der Waals surface area contributed by atoms with E-state index in [0.717, 1.165) is 19.3 Å². The molecule has 2 aromatic carbocycles. The second kappa shape index (κ2) is 11.4. The molecule has 4 rings (SSSR count). The molecular formula is C26H29ClF2N2O4. The minimum atomic E-state index is -1.09. The number of benzene rings is 2. The standard InChI is InChI=1S/C26H29ClF2N2O4/c27-22-5-4-6-23(29)21(22)15-24(32)31-13-14-35-26(17-31,16-25(33)30-11-2-1-3-12-30)18-34-20-9-7-19(28)8-10-20/h4-10H,1-3,11-18H2. The van der Waals surface area contributed by atoms with Crippen LogP contribution in [0.25, 0.3) is 0 Å². The number of carbonyl (C=O) groups is 2. The molecule has 188 valence electrons. The predicted octanol–water partition coefficient (Wildman–Crippen LogP) is 4.24. The van der Waals surface area contributed by atoms with E-state index in [9.17, 15) is 18.4 Å². The molecule has 1 unspecified atom stereocenters. The number of nitrogens with zero attached hydrogens (tertiary/aromatic N) is 2. The summed E-state index contributed by atoms with van der Waals surface area (Å²) in [6.07, 6.45) is 2.86. The van der Waals surface area contributed by atoms with Gasteiger partial charge in [-0.25, -0.2) is 8.78 Å². The molecule has 2 fully saturated rings. The fourth-order valence-corrected chi connectivity index (χ4v) is 4.77. The lowest BCUT2D eigenvalue weighted by Gasteiger charge is -2.43. The van der Waals surface area contributed by atoms with E-state index in [4.69, 9.17) is 21.1 Å². The van der Waals surface area contributed by atoms with Gasteiger partial charge in [-0.05, 0) is 55.7 Å². The number of hydrogen-bond donors (Lipinski definition) is 0. The van der Waals surface area contributed by atoms with Crippen LogP contribution in [0.4, 0.5) is 8.78 Å². The molecule has 2 aromatic rings. The molecule has 0 radical (unpaired) electrons. The van der Waals surface area contributed by atoms with Crippen molar-refractivity contribution < 1.29 is 27.8 Å². The van der Waals surface area contributed by atoms with Crippen LogP contribution in [0, 0.1) is 11.6 Å². The number of rotatable bonds is 7. The van der Waals surface area contributed by atoms with Crippen molar-refractivity contribution in [1.82, 2.24) is 9.80 Å². The molecule has 9 heteroatoms. The van der Waals surface area contributed by atoms with E-state index < -0.39 is 11.4 Å². The first-order chi connectivity index (χ1) is 16.8. The van der Waals surface area contributed by atoms with Crippen molar-refractivity contribution in [2.24, 2.45) is 0 Å². The third-order valence-corrected chi connectivity index (χ3v) is 6.84. The van der Waals surface area contributed by atoms with Crippen LogP contribution in [0.15, 0.2) is 42.5 Å². The Morgan fingerprint density at radius 3 is 2.43 bits per heavy atom. The van der Waals surface area contributed by atoms with Gasteiger partial charge in [0.15, 0.2) is 0 Å². The van der Waals surface area contributed by atoms with Crippen LogP contribution >= 0.6 is 11.6 Å². The number of likely N-dealkylation sites (tertiary alicyclic amines) is 1. The Balaban J connectivity index is 1.51. The van der Waals surface area contributed by atoms with Gasteiger partial charge in [0.1, 0.15) is 29.6 Å². The largest absolute Gasteiger partial charge is 0.490 e. The van der Waals surface area contributed by atoms with Gasteiger partial charge < -0.3 is 19.3 Å². The Hall–Kier alpha value is -2.71. The van der Waals surface area contributed by atoms with Gasteiger partial charge in [0, 0.05) is 30.2 Å². The zero-order valence-corrected chi connectivity index (χ0v) is 20.2. The number of piperidine rings is 1. The molecule has 0 aromatic heterocycles. The number of halogens is 3. The lowest BCUT2D eigenvalue weighted by atomic mass is 9.95. The highest BCUT2D eigenvalue weighted by atomic mass is 35.5. The molecule has 0 bridgehead atoms. The molecule has 2 aliphatic heterocycles. The summed E-state index contributed by atoms with van der Waals surface area (Å²) < 4.78 is 39.6. The summed E-state index contributed by atoms with van der Waals surface area (Å²) in [5.41, 5.74) is -0.946. The summed E-state index contributed by atoms with van der Waals surface area (Å²) in [5.74, 6) is -0.854. The van der Waals surface area contributed by atoms with Gasteiger partial charge in [-0.15, -0.1) is 0 Å². The highest BCUT2D eigenvalue weighted by Gasteiger charge is 2.42. The maximum Gasteiger partial charge on any atom is 0.227 e. The zero-order chi connectivity index (χ0) is 24.8. The third-order valence-electron chi connectivity index (χ3n) is 6.49. The predicted molar refractivity (Wildman–Crippen MR) is 127 cm³/mol. The summed E-state index contributed by atoms with van der Waals surface area (Å²) >= 11 is 6.12. The molecule has 0 aliphatic carbocycles. The lowest BCUT2D eigenvalue weighted by molar-refractivity contribution is -0.166. The molecule has 2 amide bonds. The normalized spacial score (nSPS) is 20.5. The molecule has 35 heavy (non-hydrogen) atoms.